The quantitative estimate of drug-likeness (QED) is 0.791. The number of allylic oxidation sites excluding steroid dienone is 1. The van der Waals surface area contributed by atoms with Gasteiger partial charge >= 0.3 is 0 Å². The van der Waals surface area contributed by atoms with Gasteiger partial charge < -0.3 is 4.90 Å². The molecule has 0 N–H and O–H groups in total. The first-order valence-corrected chi connectivity index (χ1v) is 7.81. The molecule has 0 bridgehead atoms. The third-order valence-electron chi connectivity index (χ3n) is 2.22. The first kappa shape index (κ1) is 14.6. The zero-order valence-corrected chi connectivity index (χ0v) is 12.0. The third kappa shape index (κ3) is 2.86. The van der Waals surface area contributed by atoms with E-state index >= 15 is 0 Å². The van der Waals surface area contributed by atoms with E-state index in [2.05, 4.69) is 0 Å². The Kier molecular flexibility index (Phi) is 4.82. The summed E-state index contributed by atoms with van der Waals surface area (Å²) in [4.78, 5) is 1.55. The number of benzene rings is 1. The fourth-order valence-electron chi connectivity index (χ4n) is 1.42. The second-order valence-corrected chi connectivity index (χ2v) is 6.34. The maximum atomic E-state index is 12.3. The summed E-state index contributed by atoms with van der Waals surface area (Å²) in [6.07, 6.45) is 1.74. The maximum Gasteiger partial charge on any atom is 0.219 e. The molecule has 0 aliphatic carbocycles. The Morgan fingerprint density at radius 1 is 1.28 bits per heavy atom. The van der Waals surface area contributed by atoms with Crippen molar-refractivity contribution in [3.05, 3.63) is 40.3 Å². The SMILES string of the molecule is CS/C(=C(\C#N)S(=O)(=O)c1ccccc1)N(C)C. The van der Waals surface area contributed by atoms with E-state index in [0.29, 0.717) is 5.03 Å². The summed E-state index contributed by atoms with van der Waals surface area (Å²) in [6.45, 7) is 0. The van der Waals surface area contributed by atoms with Crippen molar-refractivity contribution in [2.45, 2.75) is 4.90 Å². The number of rotatable bonds is 4. The van der Waals surface area contributed by atoms with E-state index in [-0.39, 0.29) is 9.80 Å². The lowest BCUT2D eigenvalue weighted by atomic mass is 10.4. The summed E-state index contributed by atoms with van der Waals surface area (Å²) in [5, 5.41) is 9.58. The minimum atomic E-state index is -3.75. The lowest BCUT2D eigenvalue weighted by molar-refractivity contribution is 0.546. The first-order chi connectivity index (χ1) is 8.45. The highest BCUT2D eigenvalue weighted by atomic mass is 32.2. The molecule has 1 aromatic carbocycles. The minimum Gasteiger partial charge on any atom is -0.371 e. The van der Waals surface area contributed by atoms with Crippen LogP contribution >= 0.6 is 11.8 Å². The predicted molar refractivity (Wildman–Crippen MR) is 73.5 cm³/mol. The van der Waals surface area contributed by atoms with Crippen molar-refractivity contribution >= 4 is 21.6 Å². The summed E-state index contributed by atoms with van der Waals surface area (Å²) >= 11 is 1.24. The summed E-state index contributed by atoms with van der Waals surface area (Å²) in [5.41, 5.74) is 0. The van der Waals surface area contributed by atoms with Gasteiger partial charge in [0.2, 0.25) is 9.84 Å². The number of hydrogen-bond acceptors (Lipinski definition) is 5. The highest BCUT2D eigenvalue weighted by Crippen LogP contribution is 2.27. The molecule has 0 aliphatic rings. The van der Waals surface area contributed by atoms with Gasteiger partial charge in [0.05, 0.1) is 4.90 Å². The monoisotopic (exact) mass is 282 g/mol. The second kappa shape index (κ2) is 5.94. The molecule has 96 valence electrons. The zero-order chi connectivity index (χ0) is 13.8. The molecule has 0 aromatic heterocycles. The summed E-state index contributed by atoms with van der Waals surface area (Å²) < 4.78 is 24.7. The predicted octanol–water partition coefficient (Wildman–Crippen LogP) is 2.08. The molecule has 1 aromatic rings. The Bertz CT molecular complexity index is 584. The van der Waals surface area contributed by atoms with Crippen LogP contribution in [0.15, 0.2) is 45.2 Å². The van der Waals surface area contributed by atoms with Crippen LogP contribution in [0.4, 0.5) is 0 Å². The van der Waals surface area contributed by atoms with Crippen molar-refractivity contribution in [2.75, 3.05) is 20.4 Å². The van der Waals surface area contributed by atoms with Gasteiger partial charge in [0.1, 0.15) is 11.1 Å². The van der Waals surface area contributed by atoms with Crippen LogP contribution in [0.3, 0.4) is 0 Å². The molecule has 0 amide bonds. The number of nitriles is 1. The van der Waals surface area contributed by atoms with E-state index < -0.39 is 9.84 Å². The van der Waals surface area contributed by atoms with E-state index in [9.17, 15) is 8.42 Å². The van der Waals surface area contributed by atoms with Gasteiger partial charge in [-0.25, -0.2) is 8.42 Å². The molecule has 0 saturated heterocycles. The number of nitrogens with zero attached hydrogens (tertiary/aromatic N) is 2. The summed E-state index contributed by atoms with van der Waals surface area (Å²) in [5.74, 6) is 0. The summed E-state index contributed by atoms with van der Waals surface area (Å²) in [7, 11) is -0.327. The molecular weight excluding hydrogens is 268 g/mol. The van der Waals surface area contributed by atoms with E-state index in [1.165, 1.54) is 23.9 Å². The Morgan fingerprint density at radius 3 is 2.22 bits per heavy atom. The van der Waals surface area contributed by atoms with Gasteiger partial charge in [-0.15, -0.1) is 11.8 Å². The van der Waals surface area contributed by atoms with Crippen LogP contribution in [-0.4, -0.2) is 33.7 Å². The number of hydrogen-bond donors (Lipinski definition) is 0. The van der Waals surface area contributed by atoms with Crippen LogP contribution in [0, 0.1) is 11.3 Å². The van der Waals surface area contributed by atoms with E-state index in [1.807, 2.05) is 0 Å². The lowest BCUT2D eigenvalue weighted by Gasteiger charge is -2.16. The van der Waals surface area contributed by atoms with Crippen LogP contribution in [0.5, 0.6) is 0 Å². The van der Waals surface area contributed by atoms with Crippen molar-refractivity contribution in [1.29, 1.82) is 5.26 Å². The molecular formula is C12H14N2O2S2. The topological polar surface area (TPSA) is 61.2 Å². The molecule has 0 fully saturated rings. The molecule has 6 heteroatoms. The maximum absolute atomic E-state index is 12.3. The molecule has 0 radical (unpaired) electrons. The van der Waals surface area contributed by atoms with Gasteiger partial charge in [0, 0.05) is 14.1 Å². The Hall–Kier alpha value is -1.45. The fourth-order valence-corrected chi connectivity index (χ4v) is 3.88. The van der Waals surface area contributed by atoms with Gasteiger partial charge in [-0.2, -0.15) is 5.26 Å². The fraction of sp³-hybridized carbons (Fsp3) is 0.250. The highest BCUT2D eigenvalue weighted by molar-refractivity contribution is 8.04. The number of sulfone groups is 1. The lowest BCUT2D eigenvalue weighted by Crippen LogP contribution is -2.15. The van der Waals surface area contributed by atoms with Crippen molar-refractivity contribution in [1.82, 2.24) is 4.90 Å². The van der Waals surface area contributed by atoms with E-state index in [0.717, 1.165) is 0 Å². The van der Waals surface area contributed by atoms with E-state index in [4.69, 9.17) is 5.26 Å². The van der Waals surface area contributed by atoms with Crippen molar-refractivity contribution in [3.8, 4) is 6.07 Å². The first-order valence-electron chi connectivity index (χ1n) is 5.11. The third-order valence-corrected chi connectivity index (χ3v) is 5.02. The van der Waals surface area contributed by atoms with E-state index in [1.54, 1.807) is 49.5 Å². The van der Waals surface area contributed by atoms with Crippen molar-refractivity contribution in [2.24, 2.45) is 0 Å². The molecule has 0 unspecified atom stereocenters. The van der Waals surface area contributed by atoms with Gasteiger partial charge in [-0.05, 0) is 18.4 Å². The van der Waals surface area contributed by atoms with Crippen molar-refractivity contribution < 1.29 is 8.42 Å². The Balaban J connectivity index is 3.48. The summed E-state index contributed by atoms with van der Waals surface area (Å²) in [6, 6.07) is 9.78. The molecule has 0 aliphatic heterocycles. The molecule has 0 saturated carbocycles. The number of thioether (sulfide) groups is 1. The second-order valence-electron chi connectivity index (χ2n) is 3.66. The molecule has 0 spiro atoms. The molecule has 0 heterocycles. The standard InChI is InChI=1S/C12H14N2O2S2/c1-14(2)12(17-3)11(9-13)18(15,16)10-7-5-4-6-8-10/h4-8H,1-3H3/b12-11+. The van der Waals surface area contributed by atoms with Crippen molar-refractivity contribution in [3.63, 3.8) is 0 Å². The zero-order valence-electron chi connectivity index (χ0n) is 10.4. The van der Waals surface area contributed by atoms with Gasteiger partial charge in [-0.3, -0.25) is 0 Å². The van der Waals surface area contributed by atoms with Gasteiger partial charge in [0.25, 0.3) is 0 Å². The Morgan fingerprint density at radius 2 is 1.83 bits per heavy atom. The smallest absolute Gasteiger partial charge is 0.219 e. The molecule has 18 heavy (non-hydrogen) atoms. The van der Waals surface area contributed by atoms with Gasteiger partial charge in [0.15, 0.2) is 4.91 Å². The Labute approximate surface area is 112 Å². The molecule has 4 nitrogen and oxygen atoms in total. The average molecular weight is 282 g/mol. The van der Waals surface area contributed by atoms with Crippen LogP contribution in [-0.2, 0) is 9.84 Å². The van der Waals surface area contributed by atoms with Crippen LogP contribution in [0.2, 0.25) is 0 Å². The molecule has 0 atom stereocenters. The largest absolute Gasteiger partial charge is 0.371 e. The minimum absolute atomic E-state index is 0.134. The highest BCUT2D eigenvalue weighted by Gasteiger charge is 2.25. The normalized spacial score (nSPS) is 12.6. The van der Waals surface area contributed by atoms with Crippen LogP contribution < -0.4 is 0 Å². The van der Waals surface area contributed by atoms with Crippen LogP contribution in [0.1, 0.15) is 0 Å². The van der Waals surface area contributed by atoms with Crippen LogP contribution in [0.25, 0.3) is 0 Å². The average Bonchev–Trinajstić information content (AvgIpc) is 2.36. The van der Waals surface area contributed by atoms with Gasteiger partial charge in [-0.1, -0.05) is 18.2 Å². The molecule has 1 rings (SSSR count).